The second-order valence-corrected chi connectivity index (χ2v) is 7.25. The smallest absolute Gasteiger partial charge is 0.155 e. The van der Waals surface area contributed by atoms with E-state index in [1.54, 1.807) is 30.9 Å². The van der Waals surface area contributed by atoms with Crippen LogP contribution < -0.4 is 0 Å². The van der Waals surface area contributed by atoms with E-state index in [-0.39, 0.29) is 5.82 Å². The summed E-state index contributed by atoms with van der Waals surface area (Å²) in [5.41, 5.74) is 6.60. The molecule has 6 rings (SSSR count). The Morgan fingerprint density at radius 2 is 1.68 bits per heavy atom. The van der Waals surface area contributed by atoms with Gasteiger partial charge in [0.2, 0.25) is 0 Å². The van der Waals surface area contributed by atoms with Gasteiger partial charge in [-0.3, -0.25) is 10.1 Å². The highest BCUT2D eigenvalue weighted by Crippen LogP contribution is 2.34. The highest BCUT2D eigenvalue weighted by Gasteiger charge is 2.15. The lowest BCUT2D eigenvalue weighted by atomic mass is 10.0. The molecule has 0 saturated heterocycles. The van der Waals surface area contributed by atoms with Gasteiger partial charge in [0.15, 0.2) is 5.65 Å². The zero-order valence-corrected chi connectivity index (χ0v) is 16.2. The van der Waals surface area contributed by atoms with E-state index in [1.807, 2.05) is 36.4 Å². The van der Waals surface area contributed by atoms with Gasteiger partial charge < -0.3 is 4.98 Å². The molecule has 0 spiro atoms. The van der Waals surface area contributed by atoms with E-state index in [2.05, 4.69) is 30.1 Å². The number of nitrogens with one attached hydrogen (secondary N) is 2. The largest absolute Gasteiger partial charge is 0.338 e. The number of halogens is 1. The molecule has 0 radical (unpaired) electrons. The molecule has 0 unspecified atom stereocenters. The van der Waals surface area contributed by atoms with Crippen molar-refractivity contribution >= 4 is 22.1 Å². The topological polar surface area (TPSA) is 83.1 Å². The zero-order valence-electron chi connectivity index (χ0n) is 16.2. The maximum atomic E-state index is 13.8. The number of benzene rings is 1. The molecule has 0 saturated carbocycles. The molecule has 31 heavy (non-hydrogen) atoms. The van der Waals surface area contributed by atoms with E-state index < -0.39 is 0 Å². The van der Waals surface area contributed by atoms with Crippen LogP contribution in [0.2, 0.25) is 0 Å². The third kappa shape index (κ3) is 2.95. The quantitative estimate of drug-likeness (QED) is 0.414. The Hall–Kier alpha value is -4.39. The molecule has 0 fully saturated rings. The first-order valence-electron chi connectivity index (χ1n) is 9.75. The molecule has 6 nitrogen and oxygen atoms in total. The first-order chi connectivity index (χ1) is 15.3. The van der Waals surface area contributed by atoms with Gasteiger partial charge in [-0.25, -0.2) is 14.4 Å². The number of H-pyrrole nitrogens is 2. The second-order valence-electron chi connectivity index (χ2n) is 7.25. The summed E-state index contributed by atoms with van der Waals surface area (Å²) in [6.45, 7) is 0. The van der Waals surface area contributed by atoms with Gasteiger partial charge in [0.1, 0.15) is 17.2 Å². The lowest BCUT2D eigenvalue weighted by Crippen LogP contribution is -1.84. The fraction of sp³-hybridized carbons (Fsp3) is 0. The summed E-state index contributed by atoms with van der Waals surface area (Å²) < 4.78 is 13.8. The van der Waals surface area contributed by atoms with E-state index in [9.17, 15) is 4.39 Å². The number of hydrogen-bond acceptors (Lipinski definition) is 4. The van der Waals surface area contributed by atoms with Crippen LogP contribution in [0.3, 0.4) is 0 Å². The number of pyridine rings is 3. The van der Waals surface area contributed by atoms with Gasteiger partial charge in [0, 0.05) is 46.7 Å². The average Bonchev–Trinajstić information content (AvgIpc) is 3.43. The van der Waals surface area contributed by atoms with Gasteiger partial charge in [-0.2, -0.15) is 5.10 Å². The Bertz CT molecular complexity index is 1550. The first kappa shape index (κ1) is 17.5. The van der Waals surface area contributed by atoms with Crippen molar-refractivity contribution in [3.63, 3.8) is 0 Å². The molecule has 0 atom stereocenters. The lowest BCUT2D eigenvalue weighted by molar-refractivity contribution is 0.628. The van der Waals surface area contributed by atoms with Crippen molar-refractivity contribution in [2.24, 2.45) is 0 Å². The predicted octanol–water partition coefficient (Wildman–Crippen LogP) is 5.37. The van der Waals surface area contributed by atoms with Crippen LogP contribution in [0.5, 0.6) is 0 Å². The van der Waals surface area contributed by atoms with Gasteiger partial charge in [-0.1, -0.05) is 18.2 Å². The monoisotopic (exact) mass is 406 g/mol. The Labute approximate surface area is 175 Å². The molecule has 2 N–H and O–H groups in total. The van der Waals surface area contributed by atoms with Gasteiger partial charge in [0.25, 0.3) is 0 Å². The summed E-state index contributed by atoms with van der Waals surface area (Å²) >= 11 is 0. The fourth-order valence-electron chi connectivity index (χ4n) is 3.86. The van der Waals surface area contributed by atoms with Gasteiger partial charge in [0.05, 0.1) is 5.69 Å². The number of aromatic nitrogens is 6. The van der Waals surface area contributed by atoms with Crippen LogP contribution in [0.1, 0.15) is 0 Å². The average molecular weight is 406 g/mol. The number of hydrogen-bond donors (Lipinski definition) is 2. The van der Waals surface area contributed by atoms with Crippen molar-refractivity contribution < 1.29 is 4.39 Å². The number of nitrogens with zero attached hydrogens (tertiary/aromatic N) is 4. The molecule has 0 bridgehead atoms. The summed E-state index contributed by atoms with van der Waals surface area (Å²) in [5.74, 6) is -0.273. The Morgan fingerprint density at radius 3 is 2.55 bits per heavy atom. The Balaban J connectivity index is 1.52. The van der Waals surface area contributed by atoms with E-state index in [0.29, 0.717) is 11.3 Å². The van der Waals surface area contributed by atoms with E-state index in [0.717, 1.165) is 44.4 Å². The van der Waals surface area contributed by atoms with Crippen LogP contribution in [0.4, 0.5) is 4.39 Å². The molecule has 0 aliphatic heterocycles. The summed E-state index contributed by atoms with van der Waals surface area (Å²) in [7, 11) is 0. The van der Waals surface area contributed by atoms with Crippen molar-refractivity contribution in [1.29, 1.82) is 0 Å². The van der Waals surface area contributed by atoms with Gasteiger partial charge in [-0.05, 0) is 47.5 Å². The highest BCUT2D eigenvalue weighted by atomic mass is 19.1. The minimum atomic E-state index is -0.273. The van der Waals surface area contributed by atoms with Crippen molar-refractivity contribution in [3.8, 4) is 33.6 Å². The zero-order chi connectivity index (χ0) is 20.8. The van der Waals surface area contributed by atoms with Crippen LogP contribution in [0.15, 0.2) is 79.4 Å². The van der Waals surface area contributed by atoms with E-state index >= 15 is 0 Å². The molecule has 0 amide bonds. The second kappa shape index (κ2) is 6.84. The van der Waals surface area contributed by atoms with Crippen molar-refractivity contribution in [1.82, 2.24) is 30.1 Å². The molecule has 0 aliphatic rings. The molecular weight excluding hydrogens is 391 g/mol. The third-order valence-electron chi connectivity index (χ3n) is 5.33. The van der Waals surface area contributed by atoms with Gasteiger partial charge >= 0.3 is 0 Å². The Kier molecular flexibility index (Phi) is 3.86. The summed E-state index contributed by atoms with van der Waals surface area (Å²) in [6, 6.07) is 16.4. The lowest BCUT2D eigenvalue weighted by Gasteiger charge is -2.02. The third-order valence-corrected chi connectivity index (χ3v) is 5.33. The molecular formula is C24H15FN6. The minimum Gasteiger partial charge on any atom is -0.338 e. The number of aromatic amines is 2. The van der Waals surface area contributed by atoms with Crippen molar-refractivity contribution in [3.05, 3.63) is 85.2 Å². The molecule has 6 aromatic rings. The molecule has 148 valence electrons. The molecule has 5 aromatic heterocycles. The number of fused-ring (bicyclic) bond motifs is 2. The van der Waals surface area contributed by atoms with Crippen LogP contribution in [-0.2, 0) is 0 Å². The first-order valence-corrected chi connectivity index (χ1v) is 9.75. The minimum absolute atomic E-state index is 0.273. The predicted molar refractivity (Wildman–Crippen MR) is 118 cm³/mol. The normalized spacial score (nSPS) is 11.4. The fourth-order valence-corrected chi connectivity index (χ4v) is 3.86. The molecule has 5 heterocycles. The summed E-state index contributed by atoms with van der Waals surface area (Å²) in [5, 5.41) is 9.27. The SMILES string of the molecule is Fc1cccc(-c2ccnc3[nH]c(-c4n[nH]c5ncc(-c6cccnc6)cc45)cc23)c1. The van der Waals surface area contributed by atoms with E-state index in [4.69, 9.17) is 0 Å². The van der Waals surface area contributed by atoms with Crippen molar-refractivity contribution in [2.45, 2.75) is 0 Å². The van der Waals surface area contributed by atoms with Crippen LogP contribution >= 0.6 is 0 Å². The van der Waals surface area contributed by atoms with E-state index in [1.165, 1.54) is 12.1 Å². The molecule has 0 aliphatic carbocycles. The highest BCUT2D eigenvalue weighted by molar-refractivity contribution is 5.99. The van der Waals surface area contributed by atoms with Crippen molar-refractivity contribution in [2.75, 3.05) is 0 Å². The maximum Gasteiger partial charge on any atom is 0.155 e. The standard InChI is InChI=1S/C24H15FN6/c25-17-5-1-3-14(9-17)18-6-8-27-23-19(18)11-21(29-23)22-20-10-16(13-28-24(20)31-30-22)15-4-2-7-26-12-15/h1-13H,(H,27,29)(H,28,30,31). The molecule has 1 aromatic carbocycles. The van der Waals surface area contributed by atoms with Crippen LogP contribution in [-0.4, -0.2) is 30.1 Å². The van der Waals surface area contributed by atoms with Crippen LogP contribution in [0.25, 0.3) is 55.7 Å². The maximum absolute atomic E-state index is 13.8. The summed E-state index contributed by atoms with van der Waals surface area (Å²) in [6.07, 6.45) is 7.07. The number of rotatable bonds is 3. The Morgan fingerprint density at radius 1 is 0.742 bits per heavy atom. The molecule has 7 heteroatoms. The summed E-state index contributed by atoms with van der Waals surface area (Å²) in [4.78, 5) is 16.5. The van der Waals surface area contributed by atoms with Crippen LogP contribution in [0, 0.1) is 5.82 Å². The van der Waals surface area contributed by atoms with Gasteiger partial charge in [-0.15, -0.1) is 0 Å².